The van der Waals surface area contributed by atoms with Crippen LogP contribution in [0.5, 0.6) is 5.75 Å². The molecule has 0 spiro atoms. The van der Waals surface area contributed by atoms with Crippen LogP contribution in [-0.4, -0.2) is 42.7 Å². The van der Waals surface area contributed by atoms with E-state index in [-0.39, 0.29) is 29.2 Å². The minimum atomic E-state index is -0.407. The van der Waals surface area contributed by atoms with E-state index in [1.54, 1.807) is 18.2 Å². The number of rotatable bonds is 3. The molecule has 6 heteroatoms. The number of amides is 1. The van der Waals surface area contributed by atoms with Gasteiger partial charge >= 0.3 is 5.97 Å². The molecule has 1 heterocycles. The van der Waals surface area contributed by atoms with E-state index in [1.165, 1.54) is 7.11 Å². The third-order valence-electron chi connectivity index (χ3n) is 4.10. The summed E-state index contributed by atoms with van der Waals surface area (Å²) in [6.07, 6.45) is 0.465. The van der Waals surface area contributed by atoms with Crippen molar-refractivity contribution in [2.75, 3.05) is 13.7 Å². The summed E-state index contributed by atoms with van der Waals surface area (Å²) in [5, 5.41) is 17.7. The predicted octanol–water partition coefficient (Wildman–Crippen LogP) is 1.18. The second-order valence-electron chi connectivity index (χ2n) is 5.57. The highest BCUT2D eigenvalue weighted by atomic mass is 16.5. The van der Waals surface area contributed by atoms with Crippen molar-refractivity contribution in [2.24, 2.45) is 0 Å². The summed E-state index contributed by atoms with van der Waals surface area (Å²) in [5.74, 6) is -0.725. The van der Waals surface area contributed by atoms with Crippen LogP contribution in [0.2, 0.25) is 0 Å². The fourth-order valence-corrected chi connectivity index (χ4v) is 2.87. The van der Waals surface area contributed by atoms with Crippen molar-refractivity contribution in [3.05, 3.63) is 42.0 Å². The van der Waals surface area contributed by atoms with Crippen LogP contribution in [-0.2, 0) is 9.53 Å². The number of fused-ring (bicyclic) bond motifs is 1. The van der Waals surface area contributed by atoms with Gasteiger partial charge in [0.25, 0.3) is 5.91 Å². The zero-order valence-corrected chi connectivity index (χ0v) is 12.7. The van der Waals surface area contributed by atoms with Crippen LogP contribution in [0.4, 0.5) is 0 Å². The highest BCUT2D eigenvalue weighted by Crippen LogP contribution is 2.28. The quantitative estimate of drug-likeness (QED) is 0.741. The molecule has 0 aromatic heterocycles. The van der Waals surface area contributed by atoms with Gasteiger partial charge in [0, 0.05) is 18.0 Å². The first kappa shape index (κ1) is 15.3. The Morgan fingerprint density at radius 2 is 2.04 bits per heavy atom. The topological polar surface area (TPSA) is 87.7 Å². The number of carbonyl (C=O) groups excluding carboxylic acids is 2. The van der Waals surface area contributed by atoms with Crippen molar-refractivity contribution in [1.82, 2.24) is 10.6 Å². The van der Waals surface area contributed by atoms with Gasteiger partial charge in [-0.05, 0) is 17.9 Å². The van der Waals surface area contributed by atoms with Gasteiger partial charge in [0.1, 0.15) is 11.8 Å². The molecule has 23 heavy (non-hydrogen) atoms. The normalized spacial score (nSPS) is 20.4. The summed E-state index contributed by atoms with van der Waals surface area (Å²) in [6, 6.07) is 10.1. The SMILES string of the molecule is COC(=O)C1CC(NC(=O)c2ccc3ccccc3c2O)CN1. The highest BCUT2D eigenvalue weighted by Gasteiger charge is 2.31. The van der Waals surface area contributed by atoms with Crippen LogP contribution >= 0.6 is 0 Å². The van der Waals surface area contributed by atoms with Gasteiger partial charge < -0.3 is 20.5 Å². The monoisotopic (exact) mass is 314 g/mol. The molecule has 120 valence electrons. The number of carbonyl (C=O) groups is 2. The lowest BCUT2D eigenvalue weighted by molar-refractivity contribution is -0.142. The first-order valence-corrected chi connectivity index (χ1v) is 7.43. The average molecular weight is 314 g/mol. The van der Waals surface area contributed by atoms with E-state index in [2.05, 4.69) is 15.4 Å². The van der Waals surface area contributed by atoms with E-state index in [1.807, 2.05) is 18.2 Å². The lowest BCUT2D eigenvalue weighted by Crippen LogP contribution is -2.36. The number of hydrogen-bond acceptors (Lipinski definition) is 5. The van der Waals surface area contributed by atoms with E-state index in [9.17, 15) is 14.7 Å². The number of phenols is 1. The number of benzene rings is 2. The lowest BCUT2D eigenvalue weighted by atomic mass is 10.0. The van der Waals surface area contributed by atoms with Crippen LogP contribution in [0.25, 0.3) is 10.8 Å². The number of phenolic OH excluding ortho intramolecular Hbond substituents is 1. The summed E-state index contributed by atoms with van der Waals surface area (Å²) < 4.78 is 4.69. The Hall–Kier alpha value is -2.60. The van der Waals surface area contributed by atoms with E-state index in [4.69, 9.17) is 0 Å². The van der Waals surface area contributed by atoms with Crippen molar-refractivity contribution in [3.63, 3.8) is 0 Å². The number of methoxy groups -OCH3 is 1. The van der Waals surface area contributed by atoms with Crippen LogP contribution in [0, 0.1) is 0 Å². The highest BCUT2D eigenvalue weighted by molar-refractivity contribution is 6.03. The molecule has 1 aliphatic heterocycles. The van der Waals surface area contributed by atoms with Crippen molar-refractivity contribution in [1.29, 1.82) is 0 Å². The van der Waals surface area contributed by atoms with Gasteiger partial charge in [-0.1, -0.05) is 30.3 Å². The van der Waals surface area contributed by atoms with E-state index >= 15 is 0 Å². The van der Waals surface area contributed by atoms with Crippen molar-refractivity contribution in [3.8, 4) is 5.75 Å². The van der Waals surface area contributed by atoms with Crippen molar-refractivity contribution in [2.45, 2.75) is 18.5 Å². The first-order valence-electron chi connectivity index (χ1n) is 7.43. The molecule has 2 aromatic rings. The van der Waals surface area contributed by atoms with Crippen molar-refractivity contribution < 1.29 is 19.4 Å². The Kier molecular flexibility index (Phi) is 4.16. The maximum Gasteiger partial charge on any atom is 0.322 e. The van der Waals surface area contributed by atoms with Gasteiger partial charge in [-0.3, -0.25) is 9.59 Å². The van der Waals surface area contributed by atoms with Gasteiger partial charge in [0.2, 0.25) is 0 Å². The summed E-state index contributed by atoms with van der Waals surface area (Å²) >= 11 is 0. The lowest BCUT2D eigenvalue weighted by Gasteiger charge is -2.13. The van der Waals surface area contributed by atoms with Crippen LogP contribution < -0.4 is 10.6 Å². The Bertz CT molecular complexity index is 759. The maximum atomic E-state index is 12.4. The third-order valence-corrected chi connectivity index (χ3v) is 4.10. The largest absolute Gasteiger partial charge is 0.506 e. The number of esters is 1. The molecule has 2 atom stereocenters. The molecular weight excluding hydrogens is 296 g/mol. The number of hydrogen-bond donors (Lipinski definition) is 3. The molecule has 1 aliphatic rings. The van der Waals surface area contributed by atoms with Crippen LogP contribution in [0.1, 0.15) is 16.8 Å². The van der Waals surface area contributed by atoms with Gasteiger partial charge in [0.15, 0.2) is 0 Å². The molecule has 0 radical (unpaired) electrons. The Morgan fingerprint density at radius 1 is 1.26 bits per heavy atom. The summed E-state index contributed by atoms with van der Waals surface area (Å²) in [7, 11) is 1.34. The van der Waals surface area contributed by atoms with Gasteiger partial charge in [-0.15, -0.1) is 0 Å². The molecule has 1 amide bonds. The minimum Gasteiger partial charge on any atom is -0.506 e. The van der Waals surface area contributed by atoms with Crippen LogP contribution in [0.15, 0.2) is 36.4 Å². The summed E-state index contributed by atoms with van der Waals surface area (Å²) in [5.41, 5.74) is 0.227. The van der Waals surface area contributed by atoms with Crippen LogP contribution in [0.3, 0.4) is 0 Å². The zero-order chi connectivity index (χ0) is 16.4. The molecule has 2 unspecified atom stereocenters. The van der Waals surface area contributed by atoms with E-state index < -0.39 is 6.04 Å². The third kappa shape index (κ3) is 2.98. The predicted molar refractivity (Wildman–Crippen MR) is 85.3 cm³/mol. The second-order valence-corrected chi connectivity index (χ2v) is 5.57. The molecule has 1 saturated heterocycles. The maximum absolute atomic E-state index is 12.4. The van der Waals surface area contributed by atoms with Gasteiger partial charge in [-0.2, -0.15) is 0 Å². The summed E-state index contributed by atoms with van der Waals surface area (Å²) in [4.78, 5) is 23.9. The first-order chi connectivity index (χ1) is 11.1. The number of aromatic hydroxyl groups is 1. The smallest absolute Gasteiger partial charge is 0.322 e. The molecule has 1 fully saturated rings. The average Bonchev–Trinajstić information content (AvgIpc) is 3.03. The fraction of sp³-hybridized carbons (Fsp3) is 0.294. The molecule has 3 N–H and O–H groups in total. The van der Waals surface area contributed by atoms with E-state index in [0.717, 1.165) is 5.39 Å². The second kappa shape index (κ2) is 6.26. The molecular formula is C17H18N2O4. The Morgan fingerprint density at radius 3 is 2.83 bits per heavy atom. The standard InChI is InChI=1S/C17H18N2O4/c1-23-17(22)14-8-11(9-18-14)19-16(21)13-7-6-10-4-2-3-5-12(10)15(13)20/h2-7,11,14,18,20H,8-9H2,1H3,(H,19,21). The summed E-state index contributed by atoms with van der Waals surface area (Å²) in [6.45, 7) is 0.486. The fourth-order valence-electron chi connectivity index (χ4n) is 2.87. The molecule has 0 bridgehead atoms. The molecule has 2 aromatic carbocycles. The Labute approximate surface area is 133 Å². The molecule has 6 nitrogen and oxygen atoms in total. The number of ether oxygens (including phenoxy) is 1. The Balaban J connectivity index is 1.74. The van der Waals surface area contributed by atoms with Gasteiger partial charge in [-0.25, -0.2) is 0 Å². The van der Waals surface area contributed by atoms with E-state index in [0.29, 0.717) is 18.4 Å². The molecule has 3 rings (SSSR count). The minimum absolute atomic E-state index is 0.0314. The zero-order valence-electron chi connectivity index (χ0n) is 12.7. The number of nitrogens with one attached hydrogen (secondary N) is 2. The van der Waals surface area contributed by atoms with Gasteiger partial charge in [0.05, 0.1) is 12.7 Å². The molecule has 0 saturated carbocycles. The molecule has 0 aliphatic carbocycles. The van der Waals surface area contributed by atoms with Crippen molar-refractivity contribution >= 4 is 22.6 Å².